The highest BCUT2D eigenvalue weighted by molar-refractivity contribution is 14.1. The number of thioether (sulfide) groups is 1. The molecule has 0 bridgehead atoms. The highest BCUT2D eigenvalue weighted by Gasteiger charge is 2.19. The normalized spacial score (nSPS) is 14.4. The number of carbonyl (C=O) groups is 1. The fraction of sp³-hybridized carbons (Fsp3) is 0.391. The summed E-state index contributed by atoms with van der Waals surface area (Å²) in [5.41, 5.74) is 13.0. The molecule has 5 nitrogen and oxygen atoms in total. The van der Waals surface area contributed by atoms with Crippen LogP contribution in [-0.2, 0) is 4.79 Å². The number of halogens is 1. The third kappa shape index (κ3) is 8.18. The fourth-order valence-electron chi connectivity index (χ4n) is 2.55. The van der Waals surface area contributed by atoms with Crippen LogP contribution in [0.3, 0.4) is 0 Å². The fourth-order valence-corrected chi connectivity index (χ4v) is 2.98. The van der Waals surface area contributed by atoms with E-state index in [1.54, 1.807) is 5.55 Å². The number of benzene rings is 1. The average Bonchev–Trinajstić information content (AvgIpc) is 2.70. The molecule has 30 heavy (non-hydrogen) atoms. The zero-order chi connectivity index (χ0) is 22.7. The van der Waals surface area contributed by atoms with Gasteiger partial charge < -0.3 is 5.32 Å². The quantitative estimate of drug-likeness (QED) is 0.0638. The summed E-state index contributed by atoms with van der Waals surface area (Å²) in [5, 5.41) is 6.62. The predicted molar refractivity (Wildman–Crippen MR) is 140 cm³/mol. The van der Waals surface area contributed by atoms with E-state index >= 15 is 0 Å². The molecule has 0 amide bonds. The van der Waals surface area contributed by atoms with Crippen LogP contribution in [-0.4, -0.2) is 28.1 Å². The van der Waals surface area contributed by atoms with Crippen LogP contribution in [0.5, 0.6) is 0 Å². The Kier molecular flexibility index (Phi) is 11.3. The molecular formula is C23H31IN4OS. The van der Waals surface area contributed by atoms with Gasteiger partial charge in [0.1, 0.15) is 0 Å². The average molecular weight is 538 g/mol. The zero-order valence-electron chi connectivity index (χ0n) is 18.5. The molecule has 1 atom stereocenters. The minimum Gasteiger partial charge on any atom is -0.377 e. The molecule has 0 aliphatic heterocycles. The molecule has 0 aliphatic carbocycles. The van der Waals surface area contributed by atoms with E-state index < -0.39 is 0 Å². The van der Waals surface area contributed by atoms with E-state index in [1.807, 2.05) is 50.5 Å². The molecule has 0 spiro atoms. The summed E-state index contributed by atoms with van der Waals surface area (Å²) < 4.78 is 0.333. The summed E-state index contributed by atoms with van der Waals surface area (Å²) in [4.78, 5) is 17.1. The molecular weight excluding hydrogens is 507 g/mol. The largest absolute Gasteiger partial charge is 0.377 e. The lowest BCUT2D eigenvalue weighted by Gasteiger charge is -2.22. The topological polar surface area (TPSA) is 77.7 Å². The molecule has 0 aromatic heterocycles. The van der Waals surface area contributed by atoms with Crippen molar-refractivity contribution in [2.75, 3.05) is 18.1 Å². The third-order valence-electron chi connectivity index (χ3n) is 4.44. The Bertz CT molecular complexity index is 866. The van der Waals surface area contributed by atoms with E-state index in [1.165, 1.54) is 18.0 Å². The number of carbonyl (C=O) groups excluding carboxylic acids is 1. The molecule has 1 aromatic carbocycles. The Morgan fingerprint density at radius 3 is 2.63 bits per heavy atom. The second-order valence-corrected chi connectivity index (χ2v) is 9.76. The Labute approximate surface area is 198 Å². The maximum atomic E-state index is 12.7. The van der Waals surface area contributed by atoms with Crippen LogP contribution in [0.15, 0.2) is 58.3 Å². The first-order chi connectivity index (χ1) is 14.1. The van der Waals surface area contributed by atoms with Crippen LogP contribution in [0.2, 0.25) is 0 Å². The van der Waals surface area contributed by atoms with E-state index in [0.29, 0.717) is 15.2 Å². The standard InChI is InChI=1S/C23H31IN4OS/c1-7-17(11-12-22(24)23(3,4)5)21(29)14-26-19-10-8-9-18(16(19)2)20(13-28-25)27-15-30-6/h7-13,15,22,25-26H,14H2,1-6H3/b12-11-,17-7+,20-13-,27-15?,28-25?. The minimum absolute atomic E-state index is 0.0355. The van der Waals surface area contributed by atoms with Crippen molar-refractivity contribution < 1.29 is 4.79 Å². The highest BCUT2D eigenvalue weighted by atomic mass is 127. The second kappa shape index (κ2) is 12.8. The van der Waals surface area contributed by atoms with Crippen molar-refractivity contribution in [3.63, 3.8) is 0 Å². The monoisotopic (exact) mass is 538 g/mol. The number of hydrogen-bond donors (Lipinski definition) is 2. The first kappa shape index (κ1) is 26.3. The number of ketones is 1. The lowest BCUT2D eigenvalue weighted by molar-refractivity contribution is -0.113. The van der Waals surface area contributed by atoms with E-state index in [2.05, 4.69) is 64.9 Å². The molecule has 0 saturated heterocycles. The summed E-state index contributed by atoms with van der Waals surface area (Å²) >= 11 is 3.88. The summed E-state index contributed by atoms with van der Waals surface area (Å²) in [5.74, 6) is 0.0355. The van der Waals surface area contributed by atoms with Gasteiger partial charge in [0.15, 0.2) is 5.78 Å². The van der Waals surface area contributed by atoms with Gasteiger partial charge in [-0.25, -0.2) is 10.5 Å². The third-order valence-corrected chi connectivity index (χ3v) is 7.04. The number of alkyl halides is 1. The van der Waals surface area contributed by atoms with Gasteiger partial charge in [0.25, 0.3) is 0 Å². The van der Waals surface area contributed by atoms with Gasteiger partial charge in [-0.1, -0.05) is 73.7 Å². The van der Waals surface area contributed by atoms with Gasteiger partial charge in [0.2, 0.25) is 0 Å². The van der Waals surface area contributed by atoms with Crippen molar-refractivity contribution in [1.29, 1.82) is 5.53 Å². The van der Waals surface area contributed by atoms with Gasteiger partial charge in [-0.2, -0.15) is 5.11 Å². The minimum atomic E-state index is 0.0355. The van der Waals surface area contributed by atoms with Gasteiger partial charge in [-0.15, -0.1) is 11.8 Å². The van der Waals surface area contributed by atoms with Gasteiger partial charge in [0, 0.05) is 20.7 Å². The van der Waals surface area contributed by atoms with Crippen molar-refractivity contribution in [2.45, 2.75) is 38.5 Å². The smallest absolute Gasteiger partial charge is 0.181 e. The number of rotatable bonds is 10. The first-order valence-electron chi connectivity index (χ1n) is 9.63. The predicted octanol–water partition coefficient (Wildman–Crippen LogP) is 7.05. The van der Waals surface area contributed by atoms with Crippen molar-refractivity contribution in [3.8, 4) is 0 Å². The Hall–Kier alpha value is -1.74. The van der Waals surface area contributed by atoms with Crippen LogP contribution in [0.25, 0.3) is 5.70 Å². The molecule has 1 unspecified atom stereocenters. The number of nitrogens with one attached hydrogen (secondary N) is 2. The number of nitrogens with zero attached hydrogens (tertiary/aromatic N) is 2. The summed E-state index contributed by atoms with van der Waals surface area (Å²) in [7, 11) is 0. The number of anilines is 1. The second-order valence-electron chi connectivity index (χ2n) is 7.74. The van der Waals surface area contributed by atoms with Gasteiger partial charge in [-0.05, 0) is 37.1 Å². The van der Waals surface area contributed by atoms with Crippen molar-refractivity contribution in [1.82, 2.24) is 0 Å². The van der Waals surface area contributed by atoms with E-state index in [9.17, 15) is 4.79 Å². The molecule has 0 aliphatic rings. The first-order valence-corrected chi connectivity index (χ1v) is 12.2. The number of allylic oxidation sites excluding steroid dienone is 3. The van der Waals surface area contributed by atoms with E-state index in [4.69, 9.17) is 5.53 Å². The van der Waals surface area contributed by atoms with E-state index in [0.717, 1.165) is 16.8 Å². The van der Waals surface area contributed by atoms with Gasteiger partial charge >= 0.3 is 0 Å². The highest BCUT2D eigenvalue weighted by Crippen LogP contribution is 2.28. The number of Topliss-reactive ketones (excluding diaryl/α,β-unsaturated/α-hetero) is 1. The van der Waals surface area contributed by atoms with Crippen LogP contribution in [0, 0.1) is 17.9 Å². The molecule has 7 heteroatoms. The number of hydrogen-bond acceptors (Lipinski definition) is 6. The van der Waals surface area contributed by atoms with Crippen molar-refractivity contribution in [2.24, 2.45) is 15.5 Å². The lowest BCUT2D eigenvalue weighted by Crippen LogP contribution is -2.19. The number of aliphatic imine (C=N–C) groups is 1. The summed E-state index contributed by atoms with van der Waals surface area (Å²) in [6.07, 6.45) is 9.20. The molecule has 1 aromatic rings. The molecule has 2 N–H and O–H groups in total. The van der Waals surface area contributed by atoms with Crippen LogP contribution < -0.4 is 5.32 Å². The lowest BCUT2D eigenvalue weighted by atomic mass is 9.91. The molecule has 1 rings (SSSR count). The van der Waals surface area contributed by atoms with E-state index in [-0.39, 0.29) is 17.7 Å². The van der Waals surface area contributed by atoms with Crippen LogP contribution in [0.1, 0.15) is 38.8 Å². The van der Waals surface area contributed by atoms with Crippen molar-refractivity contribution in [3.05, 3.63) is 59.3 Å². The van der Waals surface area contributed by atoms with Gasteiger partial charge in [-0.3, -0.25) is 4.79 Å². The molecule has 162 valence electrons. The maximum Gasteiger partial charge on any atom is 0.181 e. The van der Waals surface area contributed by atoms with Crippen molar-refractivity contribution >= 4 is 57.1 Å². The zero-order valence-corrected chi connectivity index (χ0v) is 21.5. The van der Waals surface area contributed by atoms with Crippen LogP contribution >= 0.6 is 34.4 Å². The summed E-state index contributed by atoms with van der Waals surface area (Å²) in [6, 6.07) is 5.78. The SMILES string of the molecule is C/C=C(\C=C/C(I)C(C)(C)C)C(=O)CNc1cccc(/C(=C/N=N)N=CSC)c1C. The van der Waals surface area contributed by atoms with Gasteiger partial charge in [0.05, 0.1) is 24.0 Å². The molecule has 0 fully saturated rings. The molecule has 0 saturated carbocycles. The Balaban J connectivity index is 2.98. The Morgan fingerprint density at radius 1 is 1.37 bits per heavy atom. The Morgan fingerprint density at radius 2 is 2.07 bits per heavy atom. The van der Waals surface area contributed by atoms with Crippen LogP contribution in [0.4, 0.5) is 5.69 Å². The summed E-state index contributed by atoms with van der Waals surface area (Å²) in [6.45, 7) is 10.6. The molecule has 0 heterocycles. The maximum absolute atomic E-state index is 12.7. The molecule has 0 radical (unpaired) electrons.